The minimum atomic E-state index is -4.99. The number of aliphatic hydroxyl groups is 1. The average molecular weight is 1450 g/mol. The first-order valence-electron chi connectivity index (χ1n) is 38.8. The molecule has 0 radical (unpaired) electrons. The van der Waals surface area contributed by atoms with Gasteiger partial charge in [0.1, 0.15) is 19.3 Å². The lowest BCUT2D eigenvalue weighted by molar-refractivity contribution is -0.161. The number of unbranched alkanes of at least 4 members (excludes halogenated alkanes) is 26. The highest BCUT2D eigenvalue weighted by Gasteiger charge is 2.30. The molecular formula is C81H138O17P2. The van der Waals surface area contributed by atoms with Gasteiger partial charge in [-0.1, -0.05) is 258 Å². The number of carbonyl (C=O) groups excluding carboxylic acids is 4. The Morgan fingerprint density at radius 3 is 0.850 bits per heavy atom. The fourth-order valence-corrected chi connectivity index (χ4v) is 11.6. The highest BCUT2D eigenvalue weighted by Crippen LogP contribution is 2.45. The molecule has 5 unspecified atom stereocenters. The summed E-state index contributed by atoms with van der Waals surface area (Å²) in [6.45, 7) is 4.53. The third kappa shape index (κ3) is 71.8. The van der Waals surface area contributed by atoms with Crippen molar-refractivity contribution >= 4 is 39.5 Å². The number of phosphoric acid groups is 2. The Bertz CT molecular complexity index is 2370. The van der Waals surface area contributed by atoms with Crippen LogP contribution in [0, 0.1) is 0 Å². The van der Waals surface area contributed by atoms with Crippen LogP contribution >= 0.6 is 15.6 Å². The van der Waals surface area contributed by atoms with Gasteiger partial charge in [-0.3, -0.25) is 37.3 Å². The highest BCUT2D eigenvalue weighted by atomic mass is 31.2. The number of carbonyl (C=O) groups is 4. The van der Waals surface area contributed by atoms with Crippen molar-refractivity contribution in [3.63, 3.8) is 0 Å². The molecule has 3 N–H and O–H groups in total. The predicted octanol–water partition coefficient (Wildman–Crippen LogP) is 22.3. The molecule has 0 aliphatic carbocycles. The van der Waals surface area contributed by atoms with E-state index in [9.17, 15) is 43.2 Å². The minimum Gasteiger partial charge on any atom is -0.462 e. The molecule has 0 aromatic rings. The normalized spacial score (nSPS) is 14.6. The fraction of sp³-hybridized carbons (Fsp3) is 0.704. The van der Waals surface area contributed by atoms with Crippen molar-refractivity contribution in [2.45, 2.75) is 329 Å². The molecule has 0 rings (SSSR count). The van der Waals surface area contributed by atoms with Gasteiger partial charge in [-0.2, -0.15) is 0 Å². The molecule has 0 aliphatic heterocycles. The largest absolute Gasteiger partial charge is 0.472 e. The van der Waals surface area contributed by atoms with E-state index in [1.807, 2.05) is 0 Å². The molecule has 0 heterocycles. The molecule has 5 atom stereocenters. The Balaban J connectivity index is 5.38. The van der Waals surface area contributed by atoms with Gasteiger partial charge in [0.15, 0.2) is 12.2 Å². The predicted molar refractivity (Wildman–Crippen MR) is 408 cm³/mol. The zero-order valence-corrected chi connectivity index (χ0v) is 64.4. The second kappa shape index (κ2) is 72.8. The third-order valence-electron chi connectivity index (χ3n) is 15.9. The molecule has 574 valence electrons. The van der Waals surface area contributed by atoms with Crippen molar-refractivity contribution in [3.8, 4) is 0 Å². The number of aliphatic hydroxyl groups excluding tert-OH is 1. The summed E-state index contributed by atoms with van der Waals surface area (Å²) in [4.78, 5) is 72.9. The Morgan fingerprint density at radius 1 is 0.290 bits per heavy atom. The Kier molecular flexibility index (Phi) is 69.5. The van der Waals surface area contributed by atoms with Gasteiger partial charge in [-0.15, -0.1) is 0 Å². The summed E-state index contributed by atoms with van der Waals surface area (Å²) in [6, 6.07) is 0. The molecule has 0 aliphatic rings. The zero-order chi connectivity index (χ0) is 73.2. The van der Waals surface area contributed by atoms with E-state index in [-0.39, 0.29) is 25.7 Å². The molecule has 0 saturated carbocycles. The van der Waals surface area contributed by atoms with Crippen molar-refractivity contribution in [2.75, 3.05) is 39.6 Å². The van der Waals surface area contributed by atoms with E-state index in [2.05, 4.69) is 149 Å². The standard InChI is InChI=1S/C81H138O17P2/c1-5-9-13-17-21-25-29-32-35-36-37-38-41-43-47-50-54-58-62-66-79(84)92-72-77(98-81(86)68-64-60-56-52-48-44-40-34-31-27-23-19-15-11-7-3)74-96-100(89,90)94-70-75(82)69-93-99(87,88)95-73-76(97-80(85)67-63-59-55-51-45-28-24-20-16-12-8-4)71-91-78(83)65-61-57-53-49-46-42-39-33-30-26-22-18-14-10-6-2/h9-10,13-14,20-22,24-26,32-35,37-40,43,47,75-77,82H,5-8,11-12,15-19,23,27-31,36,41-42,44-46,48-74H2,1-4H3,(H,87,88)(H,89,90)/b13-9-,14-10-,24-20-,25-21-,26-22-,35-32-,38-37-,39-33-,40-34-,47-43-. The highest BCUT2D eigenvalue weighted by molar-refractivity contribution is 7.47. The summed E-state index contributed by atoms with van der Waals surface area (Å²) < 4.78 is 68.4. The van der Waals surface area contributed by atoms with Crippen LogP contribution in [0.2, 0.25) is 0 Å². The number of rotatable bonds is 72. The van der Waals surface area contributed by atoms with Crippen LogP contribution < -0.4 is 0 Å². The van der Waals surface area contributed by atoms with Crippen LogP contribution in [0.1, 0.15) is 310 Å². The average Bonchev–Trinajstić information content (AvgIpc) is 0.985. The first-order valence-corrected chi connectivity index (χ1v) is 41.8. The molecule has 100 heavy (non-hydrogen) atoms. The molecule has 0 bridgehead atoms. The van der Waals surface area contributed by atoms with Crippen molar-refractivity contribution < 1.29 is 80.2 Å². The second-order valence-corrected chi connectivity index (χ2v) is 28.4. The molecule has 19 heteroatoms. The van der Waals surface area contributed by atoms with Crippen molar-refractivity contribution in [1.29, 1.82) is 0 Å². The SMILES string of the molecule is CC/C=C\C/C=C\C/C=C\C/C=C\C/C=C\CCCCCC(=O)OCC(COP(=O)(O)OCC(O)COP(=O)(O)OCC(COC(=O)CCCCCCC/C=C\C/C=C\C/C=C\CC)OC(=O)CCCCCCC/C=C\CCCC)OC(=O)CCCCCCC/C=C\CCCCCCCC. The summed E-state index contributed by atoms with van der Waals surface area (Å²) in [5.74, 6) is -2.25. The van der Waals surface area contributed by atoms with Gasteiger partial charge in [0, 0.05) is 25.7 Å². The van der Waals surface area contributed by atoms with Gasteiger partial charge in [0.2, 0.25) is 0 Å². The first kappa shape index (κ1) is 95.5. The lowest BCUT2D eigenvalue weighted by atomic mass is 10.1. The maximum Gasteiger partial charge on any atom is 0.472 e. The number of hydrogen-bond acceptors (Lipinski definition) is 15. The number of hydrogen-bond donors (Lipinski definition) is 3. The van der Waals surface area contributed by atoms with Crippen LogP contribution in [0.4, 0.5) is 0 Å². The van der Waals surface area contributed by atoms with E-state index in [1.54, 1.807) is 0 Å². The molecule has 17 nitrogen and oxygen atoms in total. The summed E-state index contributed by atoms with van der Waals surface area (Å²) in [5.41, 5.74) is 0. The van der Waals surface area contributed by atoms with E-state index in [4.69, 9.17) is 37.0 Å². The molecule has 0 spiro atoms. The quantitative estimate of drug-likeness (QED) is 0.0169. The maximum absolute atomic E-state index is 13.1. The lowest BCUT2D eigenvalue weighted by Gasteiger charge is -2.21. The molecule has 0 aromatic heterocycles. The van der Waals surface area contributed by atoms with Gasteiger partial charge >= 0.3 is 39.5 Å². The van der Waals surface area contributed by atoms with Gasteiger partial charge < -0.3 is 33.8 Å². The Hall–Kier alpha value is -4.54. The van der Waals surface area contributed by atoms with Crippen LogP contribution in [0.15, 0.2) is 122 Å². The van der Waals surface area contributed by atoms with Crippen LogP contribution in [-0.4, -0.2) is 96.7 Å². The van der Waals surface area contributed by atoms with Crippen LogP contribution in [0.3, 0.4) is 0 Å². The van der Waals surface area contributed by atoms with Crippen LogP contribution in [0.25, 0.3) is 0 Å². The topological polar surface area (TPSA) is 237 Å². The van der Waals surface area contributed by atoms with Gasteiger partial charge in [0.05, 0.1) is 26.4 Å². The molecule has 0 amide bonds. The van der Waals surface area contributed by atoms with E-state index in [0.717, 1.165) is 180 Å². The van der Waals surface area contributed by atoms with Crippen molar-refractivity contribution in [1.82, 2.24) is 0 Å². The van der Waals surface area contributed by atoms with Gasteiger partial charge in [-0.05, 0) is 148 Å². The monoisotopic (exact) mass is 1440 g/mol. The fourth-order valence-electron chi connectivity index (χ4n) is 10.0. The number of phosphoric ester groups is 2. The smallest absolute Gasteiger partial charge is 0.462 e. The number of esters is 4. The number of allylic oxidation sites excluding steroid dienone is 20. The van der Waals surface area contributed by atoms with E-state index >= 15 is 0 Å². The molecule has 0 fully saturated rings. The van der Waals surface area contributed by atoms with Crippen molar-refractivity contribution in [2.24, 2.45) is 0 Å². The molecule has 0 saturated heterocycles. The third-order valence-corrected chi connectivity index (χ3v) is 17.8. The van der Waals surface area contributed by atoms with E-state index < -0.39 is 97.5 Å². The van der Waals surface area contributed by atoms with Crippen LogP contribution in [-0.2, 0) is 65.4 Å². The first-order chi connectivity index (χ1) is 48.7. The van der Waals surface area contributed by atoms with E-state index in [0.29, 0.717) is 25.7 Å². The zero-order valence-electron chi connectivity index (χ0n) is 62.6. The molecule has 0 aromatic carbocycles. The van der Waals surface area contributed by atoms with Crippen molar-refractivity contribution in [3.05, 3.63) is 122 Å². The van der Waals surface area contributed by atoms with E-state index in [1.165, 1.54) is 51.4 Å². The summed E-state index contributed by atoms with van der Waals surface area (Å²) in [5, 5.41) is 10.6. The van der Waals surface area contributed by atoms with Crippen LogP contribution in [0.5, 0.6) is 0 Å². The van der Waals surface area contributed by atoms with Gasteiger partial charge in [-0.25, -0.2) is 9.13 Å². The van der Waals surface area contributed by atoms with Gasteiger partial charge in [0.25, 0.3) is 0 Å². The lowest BCUT2D eigenvalue weighted by Crippen LogP contribution is -2.30. The summed E-state index contributed by atoms with van der Waals surface area (Å²) in [7, 11) is -9.97. The maximum atomic E-state index is 13.1. The summed E-state index contributed by atoms with van der Waals surface area (Å²) >= 11 is 0. The second-order valence-electron chi connectivity index (χ2n) is 25.5. The summed E-state index contributed by atoms with van der Waals surface area (Å²) in [6.07, 6.45) is 79.0. The number of ether oxygens (including phenoxy) is 4. The Morgan fingerprint density at radius 2 is 0.530 bits per heavy atom. The minimum absolute atomic E-state index is 0.0754. The Labute approximate surface area is 606 Å². The molecular weight excluding hydrogens is 1310 g/mol.